The van der Waals surface area contributed by atoms with Crippen molar-refractivity contribution in [3.63, 3.8) is 0 Å². The average Bonchev–Trinajstić information content (AvgIpc) is 2.49. The highest BCUT2D eigenvalue weighted by Crippen LogP contribution is 1.96. The SMILES string of the molecule is C=CCC(C)NCc1ccn(C)n1. The van der Waals surface area contributed by atoms with Crippen LogP contribution in [0, 0.1) is 0 Å². The van der Waals surface area contributed by atoms with E-state index < -0.39 is 0 Å². The minimum Gasteiger partial charge on any atom is -0.308 e. The molecule has 0 saturated carbocycles. The van der Waals surface area contributed by atoms with E-state index in [4.69, 9.17) is 0 Å². The van der Waals surface area contributed by atoms with Crippen molar-refractivity contribution in [3.8, 4) is 0 Å². The van der Waals surface area contributed by atoms with Crippen LogP contribution in [0.2, 0.25) is 0 Å². The summed E-state index contributed by atoms with van der Waals surface area (Å²) < 4.78 is 1.81. The van der Waals surface area contributed by atoms with Crippen molar-refractivity contribution >= 4 is 0 Å². The molecule has 72 valence electrons. The lowest BCUT2D eigenvalue weighted by Gasteiger charge is -2.09. The largest absolute Gasteiger partial charge is 0.308 e. The highest BCUT2D eigenvalue weighted by molar-refractivity contribution is 4.98. The summed E-state index contributed by atoms with van der Waals surface area (Å²) >= 11 is 0. The van der Waals surface area contributed by atoms with Gasteiger partial charge in [0.2, 0.25) is 0 Å². The standard InChI is InChI=1S/C10H17N3/c1-4-5-9(2)11-8-10-6-7-13(3)12-10/h4,6-7,9,11H,1,5,8H2,2-3H3. The van der Waals surface area contributed by atoms with Crippen LogP contribution in [0.4, 0.5) is 0 Å². The van der Waals surface area contributed by atoms with Gasteiger partial charge in [0, 0.05) is 25.8 Å². The molecule has 1 atom stereocenters. The first-order valence-corrected chi connectivity index (χ1v) is 4.55. The fourth-order valence-corrected chi connectivity index (χ4v) is 1.17. The van der Waals surface area contributed by atoms with E-state index in [9.17, 15) is 0 Å². The molecule has 0 bridgehead atoms. The van der Waals surface area contributed by atoms with E-state index in [1.807, 2.05) is 30.1 Å². The molecule has 0 radical (unpaired) electrons. The minimum atomic E-state index is 0.472. The molecular weight excluding hydrogens is 162 g/mol. The third-order valence-electron chi connectivity index (χ3n) is 1.92. The molecule has 0 saturated heterocycles. The molecular formula is C10H17N3. The summed E-state index contributed by atoms with van der Waals surface area (Å²) in [7, 11) is 1.93. The summed E-state index contributed by atoms with van der Waals surface area (Å²) in [6.45, 7) is 6.67. The molecule has 3 heteroatoms. The average molecular weight is 179 g/mol. The van der Waals surface area contributed by atoms with Crippen molar-refractivity contribution in [2.45, 2.75) is 25.9 Å². The Balaban J connectivity index is 2.30. The van der Waals surface area contributed by atoms with E-state index in [0.29, 0.717) is 6.04 Å². The van der Waals surface area contributed by atoms with Gasteiger partial charge in [-0.1, -0.05) is 6.08 Å². The van der Waals surface area contributed by atoms with E-state index in [-0.39, 0.29) is 0 Å². The summed E-state index contributed by atoms with van der Waals surface area (Å²) in [4.78, 5) is 0. The molecule has 0 fully saturated rings. The molecule has 1 aromatic rings. The van der Waals surface area contributed by atoms with E-state index in [1.165, 1.54) is 0 Å². The zero-order chi connectivity index (χ0) is 9.68. The lowest BCUT2D eigenvalue weighted by molar-refractivity contribution is 0.543. The van der Waals surface area contributed by atoms with Gasteiger partial charge in [-0.15, -0.1) is 6.58 Å². The van der Waals surface area contributed by atoms with Gasteiger partial charge in [-0.25, -0.2) is 0 Å². The predicted octanol–water partition coefficient (Wildman–Crippen LogP) is 1.47. The van der Waals surface area contributed by atoms with Crippen molar-refractivity contribution in [2.75, 3.05) is 0 Å². The number of hydrogen-bond donors (Lipinski definition) is 1. The molecule has 1 aromatic heterocycles. The summed E-state index contributed by atoms with van der Waals surface area (Å²) in [5, 5.41) is 7.64. The molecule has 1 unspecified atom stereocenters. The monoisotopic (exact) mass is 179 g/mol. The van der Waals surface area contributed by atoms with E-state index in [1.54, 1.807) is 0 Å². The zero-order valence-corrected chi connectivity index (χ0v) is 8.33. The summed E-state index contributed by atoms with van der Waals surface area (Å²) in [5.74, 6) is 0. The van der Waals surface area contributed by atoms with Crippen LogP contribution in [0.15, 0.2) is 24.9 Å². The third kappa shape index (κ3) is 3.42. The number of aryl methyl sites for hydroxylation is 1. The molecule has 1 rings (SSSR count). The molecule has 3 nitrogen and oxygen atoms in total. The molecule has 13 heavy (non-hydrogen) atoms. The maximum atomic E-state index is 4.27. The molecule has 1 N–H and O–H groups in total. The maximum absolute atomic E-state index is 4.27. The van der Waals surface area contributed by atoms with Crippen molar-refractivity contribution in [1.29, 1.82) is 0 Å². The zero-order valence-electron chi connectivity index (χ0n) is 8.33. The quantitative estimate of drug-likeness (QED) is 0.694. The molecule has 0 spiro atoms. The second-order valence-corrected chi connectivity index (χ2v) is 3.29. The Labute approximate surface area is 79.5 Å². The Kier molecular flexibility index (Phi) is 3.71. The van der Waals surface area contributed by atoms with Gasteiger partial charge in [-0.2, -0.15) is 5.10 Å². The Bertz CT molecular complexity index is 265. The van der Waals surface area contributed by atoms with Crippen LogP contribution < -0.4 is 5.32 Å². The van der Waals surface area contributed by atoms with E-state index >= 15 is 0 Å². The molecule has 0 amide bonds. The van der Waals surface area contributed by atoms with E-state index in [0.717, 1.165) is 18.7 Å². The van der Waals surface area contributed by atoms with Crippen LogP contribution in [-0.4, -0.2) is 15.8 Å². The maximum Gasteiger partial charge on any atom is 0.0762 e. The first-order valence-electron chi connectivity index (χ1n) is 4.55. The molecule has 0 aliphatic carbocycles. The van der Waals surface area contributed by atoms with Gasteiger partial charge in [0.15, 0.2) is 0 Å². The highest BCUT2D eigenvalue weighted by atomic mass is 15.3. The summed E-state index contributed by atoms with van der Waals surface area (Å²) in [6.07, 6.45) is 4.87. The summed E-state index contributed by atoms with van der Waals surface area (Å²) in [5.41, 5.74) is 1.08. The topological polar surface area (TPSA) is 29.9 Å². The van der Waals surface area contributed by atoms with Crippen LogP contribution in [0.5, 0.6) is 0 Å². The minimum absolute atomic E-state index is 0.472. The van der Waals surface area contributed by atoms with Gasteiger partial charge in [-0.05, 0) is 19.4 Å². The second kappa shape index (κ2) is 4.82. The van der Waals surface area contributed by atoms with Gasteiger partial charge < -0.3 is 5.32 Å². The number of nitrogens with zero attached hydrogens (tertiary/aromatic N) is 2. The van der Waals surface area contributed by atoms with Crippen LogP contribution in [-0.2, 0) is 13.6 Å². The van der Waals surface area contributed by atoms with Crippen molar-refractivity contribution < 1.29 is 0 Å². The fraction of sp³-hybridized carbons (Fsp3) is 0.500. The first-order chi connectivity index (χ1) is 6.22. The number of aromatic nitrogens is 2. The number of rotatable bonds is 5. The Morgan fingerprint density at radius 1 is 1.77 bits per heavy atom. The molecule has 0 aromatic carbocycles. The first kappa shape index (κ1) is 9.99. The van der Waals surface area contributed by atoms with Gasteiger partial charge in [0.1, 0.15) is 0 Å². The van der Waals surface area contributed by atoms with Gasteiger partial charge >= 0.3 is 0 Å². The summed E-state index contributed by atoms with van der Waals surface area (Å²) in [6, 6.07) is 2.49. The van der Waals surface area contributed by atoms with Crippen LogP contribution >= 0.6 is 0 Å². The van der Waals surface area contributed by atoms with Gasteiger partial charge in [0.25, 0.3) is 0 Å². The fourth-order valence-electron chi connectivity index (χ4n) is 1.17. The van der Waals surface area contributed by atoms with E-state index in [2.05, 4.69) is 23.9 Å². The third-order valence-corrected chi connectivity index (χ3v) is 1.92. The smallest absolute Gasteiger partial charge is 0.0762 e. The molecule has 0 aliphatic rings. The second-order valence-electron chi connectivity index (χ2n) is 3.29. The van der Waals surface area contributed by atoms with Crippen LogP contribution in [0.1, 0.15) is 19.0 Å². The van der Waals surface area contributed by atoms with Gasteiger partial charge in [0.05, 0.1) is 5.69 Å². The Morgan fingerprint density at radius 2 is 2.54 bits per heavy atom. The Morgan fingerprint density at radius 3 is 3.08 bits per heavy atom. The number of nitrogens with one attached hydrogen (secondary N) is 1. The van der Waals surface area contributed by atoms with Crippen molar-refractivity contribution in [1.82, 2.24) is 15.1 Å². The van der Waals surface area contributed by atoms with Crippen LogP contribution in [0.25, 0.3) is 0 Å². The van der Waals surface area contributed by atoms with Crippen molar-refractivity contribution in [3.05, 3.63) is 30.6 Å². The highest BCUT2D eigenvalue weighted by Gasteiger charge is 2.00. The Hall–Kier alpha value is -1.09. The normalized spacial score (nSPS) is 12.8. The lowest BCUT2D eigenvalue weighted by Crippen LogP contribution is -2.24. The van der Waals surface area contributed by atoms with Crippen LogP contribution in [0.3, 0.4) is 0 Å². The van der Waals surface area contributed by atoms with Crippen molar-refractivity contribution in [2.24, 2.45) is 7.05 Å². The van der Waals surface area contributed by atoms with Gasteiger partial charge in [-0.3, -0.25) is 4.68 Å². The number of hydrogen-bond acceptors (Lipinski definition) is 2. The molecule has 1 heterocycles. The predicted molar refractivity (Wildman–Crippen MR) is 54.3 cm³/mol. The molecule has 0 aliphatic heterocycles. The lowest BCUT2D eigenvalue weighted by atomic mass is 10.2.